The number of aromatic nitrogens is 2. The van der Waals surface area contributed by atoms with Crippen LogP contribution in [0, 0.1) is 6.92 Å². The minimum absolute atomic E-state index is 0.0542. The molecule has 122 valence electrons. The van der Waals surface area contributed by atoms with Crippen molar-refractivity contribution >= 4 is 31.2 Å². The van der Waals surface area contributed by atoms with Gasteiger partial charge in [-0.3, -0.25) is 0 Å². The molecule has 1 heterocycles. The van der Waals surface area contributed by atoms with Gasteiger partial charge in [0.2, 0.25) is 0 Å². The number of nitrogens with one attached hydrogen (secondary N) is 1. The minimum Gasteiger partial charge on any atom is -0.340 e. The molecular formula is C17H14ClN3O2S. The zero-order valence-corrected chi connectivity index (χ0v) is 14.3. The molecule has 7 heteroatoms. The van der Waals surface area contributed by atoms with Crippen molar-refractivity contribution in [3.05, 3.63) is 66.4 Å². The Morgan fingerprint density at radius 3 is 2.25 bits per heavy atom. The number of anilines is 2. The van der Waals surface area contributed by atoms with Gasteiger partial charge in [-0.15, -0.1) is 0 Å². The van der Waals surface area contributed by atoms with Gasteiger partial charge in [-0.25, -0.2) is 18.4 Å². The van der Waals surface area contributed by atoms with Crippen molar-refractivity contribution in [2.24, 2.45) is 0 Å². The Balaban J connectivity index is 1.89. The van der Waals surface area contributed by atoms with E-state index in [1.165, 1.54) is 12.1 Å². The van der Waals surface area contributed by atoms with E-state index in [1.807, 2.05) is 43.3 Å². The first-order valence-corrected chi connectivity index (χ1v) is 9.45. The molecule has 24 heavy (non-hydrogen) atoms. The quantitative estimate of drug-likeness (QED) is 0.709. The lowest BCUT2D eigenvalue weighted by molar-refractivity contribution is 0.609. The highest BCUT2D eigenvalue weighted by molar-refractivity contribution is 8.13. The fraction of sp³-hybridized carbons (Fsp3) is 0.0588. The molecule has 0 amide bonds. The number of benzene rings is 2. The van der Waals surface area contributed by atoms with E-state index in [2.05, 4.69) is 15.3 Å². The third kappa shape index (κ3) is 3.90. The van der Waals surface area contributed by atoms with E-state index in [0.717, 1.165) is 11.3 Å². The van der Waals surface area contributed by atoms with Crippen molar-refractivity contribution < 1.29 is 8.42 Å². The average molecular weight is 360 g/mol. The van der Waals surface area contributed by atoms with Crippen LogP contribution >= 0.6 is 10.7 Å². The molecule has 0 aliphatic rings. The van der Waals surface area contributed by atoms with Crippen molar-refractivity contribution in [3.8, 4) is 11.4 Å². The van der Waals surface area contributed by atoms with Gasteiger partial charge < -0.3 is 5.32 Å². The van der Waals surface area contributed by atoms with Crippen LogP contribution in [0.2, 0.25) is 0 Å². The lowest BCUT2D eigenvalue weighted by Crippen LogP contribution is -1.99. The van der Waals surface area contributed by atoms with Crippen molar-refractivity contribution in [1.29, 1.82) is 0 Å². The molecule has 0 aliphatic heterocycles. The fourth-order valence-corrected chi connectivity index (χ4v) is 2.97. The van der Waals surface area contributed by atoms with Gasteiger partial charge in [0.15, 0.2) is 5.82 Å². The zero-order valence-electron chi connectivity index (χ0n) is 12.8. The molecule has 3 rings (SSSR count). The van der Waals surface area contributed by atoms with E-state index in [4.69, 9.17) is 10.7 Å². The highest BCUT2D eigenvalue weighted by Crippen LogP contribution is 2.22. The summed E-state index contributed by atoms with van der Waals surface area (Å²) in [4.78, 5) is 9.00. The van der Waals surface area contributed by atoms with E-state index in [0.29, 0.717) is 17.3 Å². The third-order valence-electron chi connectivity index (χ3n) is 3.29. The van der Waals surface area contributed by atoms with Crippen LogP contribution in [0.4, 0.5) is 11.5 Å². The lowest BCUT2D eigenvalue weighted by atomic mass is 10.2. The maximum absolute atomic E-state index is 11.3. The third-order valence-corrected chi connectivity index (χ3v) is 4.66. The normalized spacial score (nSPS) is 11.2. The Morgan fingerprint density at radius 1 is 0.958 bits per heavy atom. The fourth-order valence-electron chi connectivity index (χ4n) is 2.20. The SMILES string of the molecule is Cc1cc(Nc2ccc(S(=O)(=O)Cl)cc2)nc(-c2ccccc2)n1. The number of rotatable bonds is 4. The Bertz CT molecular complexity index is 959. The van der Waals surface area contributed by atoms with E-state index in [1.54, 1.807) is 12.1 Å². The van der Waals surface area contributed by atoms with Crippen molar-refractivity contribution in [1.82, 2.24) is 9.97 Å². The van der Waals surface area contributed by atoms with E-state index in [-0.39, 0.29) is 4.90 Å². The van der Waals surface area contributed by atoms with Gasteiger partial charge in [0, 0.05) is 33.7 Å². The smallest absolute Gasteiger partial charge is 0.261 e. The Hall–Kier alpha value is -2.44. The highest BCUT2D eigenvalue weighted by atomic mass is 35.7. The largest absolute Gasteiger partial charge is 0.340 e. The summed E-state index contributed by atoms with van der Waals surface area (Å²) < 4.78 is 22.5. The van der Waals surface area contributed by atoms with Crippen LogP contribution in [0.15, 0.2) is 65.6 Å². The molecule has 3 aromatic rings. The maximum atomic E-state index is 11.3. The van der Waals surface area contributed by atoms with Gasteiger partial charge in [-0.2, -0.15) is 0 Å². The molecule has 0 bridgehead atoms. The molecule has 0 unspecified atom stereocenters. The molecule has 0 saturated heterocycles. The van der Waals surface area contributed by atoms with Crippen LogP contribution in [0.1, 0.15) is 5.69 Å². The summed E-state index contributed by atoms with van der Waals surface area (Å²) in [6, 6.07) is 17.7. The average Bonchev–Trinajstić information content (AvgIpc) is 2.55. The first-order valence-electron chi connectivity index (χ1n) is 7.15. The van der Waals surface area contributed by atoms with E-state index >= 15 is 0 Å². The Labute approximate surface area is 144 Å². The first-order chi connectivity index (χ1) is 11.4. The molecule has 1 aromatic heterocycles. The first kappa shape index (κ1) is 16.4. The molecule has 0 aliphatic carbocycles. The van der Waals surface area contributed by atoms with Crippen LogP contribution in [0.5, 0.6) is 0 Å². The number of nitrogens with zero attached hydrogens (tertiary/aromatic N) is 2. The molecule has 1 N–H and O–H groups in total. The number of hydrogen-bond acceptors (Lipinski definition) is 5. The lowest BCUT2D eigenvalue weighted by Gasteiger charge is -2.09. The molecule has 2 aromatic carbocycles. The monoisotopic (exact) mass is 359 g/mol. The number of hydrogen-bond donors (Lipinski definition) is 1. The predicted octanol–water partition coefficient (Wildman–Crippen LogP) is 4.12. The molecule has 0 atom stereocenters. The van der Waals surface area contributed by atoms with Crippen molar-refractivity contribution in [3.63, 3.8) is 0 Å². The summed E-state index contributed by atoms with van der Waals surface area (Å²) in [5.41, 5.74) is 2.45. The van der Waals surface area contributed by atoms with Gasteiger partial charge in [0.25, 0.3) is 9.05 Å². The van der Waals surface area contributed by atoms with E-state index < -0.39 is 9.05 Å². The van der Waals surface area contributed by atoms with Gasteiger partial charge in [-0.1, -0.05) is 30.3 Å². The van der Waals surface area contributed by atoms with E-state index in [9.17, 15) is 8.42 Å². The van der Waals surface area contributed by atoms with Crippen molar-refractivity contribution in [2.75, 3.05) is 5.32 Å². The molecule has 5 nitrogen and oxygen atoms in total. The maximum Gasteiger partial charge on any atom is 0.261 e. The Morgan fingerprint density at radius 2 is 1.62 bits per heavy atom. The molecule has 0 saturated carbocycles. The molecule has 0 fully saturated rings. The summed E-state index contributed by atoms with van der Waals surface area (Å²) in [6.07, 6.45) is 0. The second-order valence-corrected chi connectivity index (χ2v) is 7.74. The Kier molecular flexibility index (Phi) is 4.51. The van der Waals surface area contributed by atoms with Gasteiger partial charge >= 0.3 is 0 Å². The van der Waals surface area contributed by atoms with Crippen LogP contribution in [-0.4, -0.2) is 18.4 Å². The minimum atomic E-state index is -3.72. The van der Waals surface area contributed by atoms with Crippen LogP contribution in [0.3, 0.4) is 0 Å². The van der Waals surface area contributed by atoms with Crippen LogP contribution in [-0.2, 0) is 9.05 Å². The predicted molar refractivity (Wildman–Crippen MR) is 95.0 cm³/mol. The second kappa shape index (κ2) is 6.59. The molecular weight excluding hydrogens is 346 g/mol. The zero-order chi connectivity index (χ0) is 17.2. The van der Waals surface area contributed by atoms with Crippen LogP contribution < -0.4 is 5.32 Å². The van der Waals surface area contributed by atoms with Crippen molar-refractivity contribution in [2.45, 2.75) is 11.8 Å². The summed E-state index contributed by atoms with van der Waals surface area (Å²) in [5, 5.41) is 3.14. The number of aryl methyl sites for hydroxylation is 1. The van der Waals surface area contributed by atoms with Crippen LogP contribution in [0.25, 0.3) is 11.4 Å². The standard InChI is InChI=1S/C17H14ClN3O2S/c1-12-11-16(21-17(19-12)13-5-3-2-4-6-13)20-14-7-9-15(10-8-14)24(18,22)23/h2-11H,1H3,(H,19,20,21). The molecule has 0 radical (unpaired) electrons. The second-order valence-electron chi connectivity index (χ2n) is 5.17. The number of halogens is 1. The summed E-state index contributed by atoms with van der Waals surface area (Å²) in [7, 11) is 1.59. The molecule has 0 spiro atoms. The summed E-state index contributed by atoms with van der Waals surface area (Å²) in [5.74, 6) is 1.25. The highest BCUT2D eigenvalue weighted by Gasteiger charge is 2.10. The summed E-state index contributed by atoms with van der Waals surface area (Å²) in [6.45, 7) is 1.89. The topological polar surface area (TPSA) is 72.0 Å². The van der Waals surface area contributed by atoms with Gasteiger partial charge in [0.05, 0.1) is 4.90 Å². The van der Waals surface area contributed by atoms with Gasteiger partial charge in [0.1, 0.15) is 5.82 Å². The van der Waals surface area contributed by atoms with Gasteiger partial charge in [-0.05, 0) is 31.2 Å². The summed E-state index contributed by atoms with van der Waals surface area (Å²) >= 11 is 0.